The molecule has 0 atom stereocenters. The van der Waals surface area contributed by atoms with Crippen LogP contribution in [0.4, 0.5) is 0 Å². The van der Waals surface area contributed by atoms with Crippen molar-refractivity contribution in [3.63, 3.8) is 0 Å². The molecule has 0 aromatic heterocycles. The highest BCUT2D eigenvalue weighted by Gasteiger charge is 2.05. The second-order valence-corrected chi connectivity index (χ2v) is 5.51. The molecule has 0 aliphatic rings. The smallest absolute Gasteiger partial charge is 0.122 e. The second-order valence-electron chi connectivity index (χ2n) is 5.07. The molecule has 0 aliphatic carbocycles. The van der Waals surface area contributed by atoms with Crippen LogP contribution in [0.5, 0.6) is 5.75 Å². The van der Waals surface area contributed by atoms with Gasteiger partial charge in [0.15, 0.2) is 0 Å². The molecule has 0 spiro atoms. The van der Waals surface area contributed by atoms with Gasteiger partial charge in [-0.1, -0.05) is 42.8 Å². The van der Waals surface area contributed by atoms with E-state index in [0.717, 1.165) is 35.8 Å². The number of rotatable bonds is 7. The Morgan fingerprint density at radius 3 is 2.57 bits per heavy atom. The molecule has 0 bridgehead atoms. The van der Waals surface area contributed by atoms with E-state index in [-0.39, 0.29) is 0 Å². The Morgan fingerprint density at radius 2 is 1.86 bits per heavy atom. The summed E-state index contributed by atoms with van der Waals surface area (Å²) in [5, 5.41) is 4.10. The molecule has 21 heavy (non-hydrogen) atoms. The number of hydrogen-bond donors (Lipinski definition) is 1. The van der Waals surface area contributed by atoms with E-state index in [1.165, 1.54) is 11.1 Å². The van der Waals surface area contributed by atoms with Gasteiger partial charge in [0.2, 0.25) is 0 Å². The zero-order chi connectivity index (χ0) is 15.1. The number of nitrogens with one attached hydrogen (secondary N) is 1. The lowest BCUT2D eigenvalue weighted by Crippen LogP contribution is -2.17. The van der Waals surface area contributed by atoms with Gasteiger partial charge >= 0.3 is 0 Å². The largest absolute Gasteiger partial charge is 0.489 e. The van der Waals surface area contributed by atoms with Crippen molar-refractivity contribution >= 4 is 11.6 Å². The minimum Gasteiger partial charge on any atom is -0.489 e. The van der Waals surface area contributed by atoms with Crippen LogP contribution in [0.15, 0.2) is 42.5 Å². The second kappa shape index (κ2) is 8.06. The molecule has 0 fully saturated rings. The molecule has 2 rings (SSSR count). The predicted molar refractivity (Wildman–Crippen MR) is 89.2 cm³/mol. The minimum atomic E-state index is 0.588. The lowest BCUT2D eigenvalue weighted by molar-refractivity contribution is 0.303. The summed E-state index contributed by atoms with van der Waals surface area (Å²) >= 11 is 5.97. The van der Waals surface area contributed by atoms with Gasteiger partial charge in [0.25, 0.3) is 0 Å². The van der Waals surface area contributed by atoms with Gasteiger partial charge in [-0.25, -0.2) is 0 Å². The molecule has 2 aromatic rings. The van der Waals surface area contributed by atoms with Crippen LogP contribution in [0.2, 0.25) is 5.02 Å². The van der Waals surface area contributed by atoms with Crippen molar-refractivity contribution < 1.29 is 4.74 Å². The lowest BCUT2D eigenvalue weighted by atomic mass is 10.1. The fourth-order valence-electron chi connectivity index (χ4n) is 2.27. The van der Waals surface area contributed by atoms with Gasteiger partial charge < -0.3 is 10.1 Å². The number of halogens is 1. The molecular weight excluding hydrogens is 282 g/mol. The molecular formula is C18H22ClNO. The topological polar surface area (TPSA) is 21.3 Å². The standard InChI is InChI=1S/C18H22ClNO/c1-3-20-11-10-15-6-4-5-7-16(15)13-21-18-9-8-17(19)12-14(18)2/h4-9,12,20H,3,10-11,13H2,1-2H3. The summed E-state index contributed by atoms with van der Waals surface area (Å²) in [6.07, 6.45) is 1.02. The Hall–Kier alpha value is -1.51. The molecule has 112 valence electrons. The van der Waals surface area contributed by atoms with Crippen molar-refractivity contribution in [2.45, 2.75) is 26.9 Å². The van der Waals surface area contributed by atoms with E-state index in [1.807, 2.05) is 25.1 Å². The number of benzene rings is 2. The average molecular weight is 304 g/mol. The van der Waals surface area contributed by atoms with E-state index in [1.54, 1.807) is 0 Å². The van der Waals surface area contributed by atoms with E-state index in [2.05, 4.69) is 36.5 Å². The summed E-state index contributed by atoms with van der Waals surface area (Å²) in [7, 11) is 0. The summed E-state index contributed by atoms with van der Waals surface area (Å²) in [5.41, 5.74) is 3.64. The average Bonchev–Trinajstić information content (AvgIpc) is 2.48. The van der Waals surface area contributed by atoms with Crippen LogP contribution in [-0.2, 0) is 13.0 Å². The van der Waals surface area contributed by atoms with Gasteiger partial charge in [-0.05, 0) is 61.3 Å². The molecule has 0 unspecified atom stereocenters. The molecule has 0 amide bonds. The third-order valence-corrected chi connectivity index (χ3v) is 3.69. The van der Waals surface area contributed by atoms with Crippen molar-refractivity contribution in [2.24, 2.45) is 0 Å². The SMILES string of the molecule is CCNCCc1ccccc1COc1ccc(Cl)cc1C. The maximum Gasteiger partial charge on any atom is 0.122 e. The van der Waals surface area contributed by atoms with E-state index in [9.17, 15) is 0 Å². The molecule has 1 N–H and O–H groups in total. The number of hydrogen-bond acceptors (Lipinski definition) is 2. The van der Waals surface area contributed by atoms with E-state index in [0.29, 0.717) is 6.61 Å². The fourth-order valence-corrected chi connectivity index (χ4v) is 2.50. The van der Waals surface area contributed by atoms with Crippen LogP contribution < -0.4 is 10.1 Å². The quantitative estimate of drug-likeness (QED) is 0.766. The predicted octanol–water partition coefficient (Wildman–Crippen LogP) is 4.38. The number of ether oxygens (including phenoxy) is 1. The molecule has 2 aromatic carbocycles. The van der Waals surface area contributed by atoms with Crippen LogP contribution in [0.3, 0.4) is 0 Å². The Bertz CT molecular complexity index is 583. The van der Waals surface area contributed by atoms with Crippen LogP contribution in [0, 0.1) is 6.92 Å². The third kappa shape index (κ3) is 4.76. The fraction of sp³-hybridized carbons (Fsp3) is 0.333. The molecule has 0 heterocycles. The van der Waals surface area contributed by atoms with E-state index in [4.69, 9.17) is 16.3 Å². The maximum absolute atomic E-state index is 5.97. The summed E-state index contributed by atoms with van der Waals surface area (Å²) in [6, 6.07) is 14.2. The summed E-state index contributed by atoms with van der Waals surface area (Å²) < 4.78 is 5.95. The molecule has 0 radical (unpaired) electrons. The van der Waals surface area contributed by atoms with Crippen LogP contribution in [0.25, 0.3) is 0 Å². The Kier molecular flexibility index (Phi) is 6.09. The zero-order valence-electron chi connectivity index (χ0n) is 12.7. The van der Waals surface area contributed by atoms with E-state index >= 15 is 0 Å². The molecule has 0 saturated heterocycles. The minimum absolute atomic E-state index is 0.588. The summed E-state index contributed by atoms with van der Waals surface area (Å²) in [5.74, 6) is 0.890. The van der Waals surface area contributed by atoms with Gasteiger partial charge in [-0.15, -0.1) is 0 Å². The molecule has 2 nitrogen and oxygen atoms in total. The van der Waals surface area contributed by atoms with Crippen LogP contribution in [0.1, 0.15) is 23.6 Å². The monoisotopic (exact) mass is 303 g/mol. The highest BCUT2D eigenvalue weighted by molar-refractivity contribution is 6.30. The summed E-state index contributed by atoms with van der Waals surface area (Å²) in [4.78, 5) is 0. The Labute approximate surface area is 132 Å². The van der Waals surface area contributed by atoms with Gasteiger partial charge in [0, 0.05) is 5.02 Å². The van der Waals surface area contributed by atoms with Crippen molar-refractivity contribution in [2.75, 3.05) is 13.1 Å². The van der Waals surface area contributed by atoms with Crippen molar-refractivity contribution in [1.82, 2.24) is 5.32 Å². The van der Waals surface area contributed by atoms with E-state index < -0.39 is 0 Å². The highest BCUT2D eigenvalue weighted by atomic mass is 35.5. The van der Waals surface area contributed by atoms with Gasteiger partial charge in [-0.3, -0.25) is 0 Å². The first-order valence-electron chi connectivity index (χ1n) is 7.37. The van der Waals surface area contributed by atoms with Crippen molar-refractivity contribution in [3.8, 4) is 5.75 Å². The van der Waals surface area contributed by atoms with Crippen molar-refractivity contribution in [1.29, 1.82) is 0 Å². The highest BCUT2D eigenvalue weighted by Crippen LogP contribution is 2.23. The normalized spacial score (nSPS) is 10.6. The molecule has 0 saturated carbocycles. The number of aryl methyl sites for hydroxylation is 1. The first kappa shape index (κ1) is 15.9. The van der Waals surface area contributed by atoms with Crippen molar-refractivity contribution in [3.05, 3.63) is 64.2 Å². The molecule has 0 aliphatic heterocycles. The lowest BCUT2D eigenvalue weighted by Gasteiger charge is -2.13. The first-order valence-corrected chi connectivity index (χ1v) is 7.75. The van der Waals surface area contributed by atoms with Crippen LogP contribution >= 0.6 is 11.6 Å². The number of likely N-dealkylation sites (N-methyl/N-ethyl adjacent to an activating group) is 1. The summed E-state index contributed by atoms with van der Waals surface area (Å²) in [6.45, 7) is 6.72. The molecule has 3 heteroatoms. The van der Waals surface area contributed by atoms with Gasteiger partial charge in [0.05, 0.1) is 0 Å². The zero-order valence-corrected chi connectivity index (χ0v) is 13.4. The Morgan fingerprint density at radius 1 is 1.10 bits per heavy atom. The third-order valence-electron chi connectivity index (χ3n) is 3.46. The van der Waals surface area contributed by atoms with Gasteiger partial charge in [-0.2, -0.15) is 0 Å². The Balaban J connectivity index is 2.02. The first-order chi connectivity index (χ1) is 10.2. The van der Waals surface area contributed by atoms with Crippen LogP contribution in [-0.4, -0.2) is 13.1 Å². The maximum atomic E-state index is 5.97. The van der Waals surface area contributed by atoms with Gasteiger partial charge in [0.1, 0.15) is 12.4 Å².